The second-order valence-corrected chi connectivity index (χ2v) is 5.87. The van der Waals surface area contributed by atoms with E-state index in [4.69, 9.17) is 18.0 Å². The van der Waals surface area contributed by atoms with Crippen LogP contribution in [0.4, 0.5) is 5.69 Å². The SMILES string of the molecule is NC(=S)c1ccc(NC(=O)CCCn2cc(Br)cn2)cc1. The lowest BCUT2D eigenvalue weighted by Crippen LogP contribution is -2.13. The van der Waals surface area contributed by atoms with E-state index >= 15 is 0 Å². The van der Waals surface area contributed by atoms with Crippen LogP contribution >= 0.6 is 28.1 Å². The number of nitrogens with two attached hydrogens (primary N) is 1. The van der Waals surface area contributed by atoms with E-state index in [0.717, 1.165) is 22.1 Å². The number of hydrogen-bond acceptors (Lipinski definition) is 3. The van der Waals surface area contributed by atoms with E-state index in [0.29, 0.717) is 18.0 Å². The molecular formula is C14H15BrN4OS. The predicted molar refractivity (Wildman–Crippen MR) is 90.1 cm³/mol. The number of hydrogen-bond donors (Lipinski definition) is 2. The van der Waals surface area contributed by atoms with Gasteiger partial charge >= 0.3 is 0 Å². The summed E-state index contributed by atoms with van der Waals surface area (Å²) in [5.74, 6) is -0.0238. The van der Waals surface area contributed by atoms with Crippen LogP contribution in [-0.2, 0) is 11.3 Å². The number of carbonyl (C=O) groups is 1. The third-order valence-corrected chi connectivity index (χ3v) is 3.49. The van der Waals surface area contributed by atoms with Gasteiger partial charge in [-0.3, -0.25) is 9.48 Å². The van der Waals surface area contributed by atoms with Crippen LogP contribution in [0.15, 0.2) is 41.1 Å². The molecule has 0 aliphatic heterocycles. The predicted octanol–water partition coefficient (Wildman–Crippen LogP) is 2.70. The Kier molecular flexibility index (Phi) is 5.46. The maximum absolute atomic E-state index is 11.8. The van der Waals surface area contributed by atoms with Crippen molar-refractivity contribution in [3.8, 4) is 0 Å². The van der Waals surface area contributed by atoms with Gasteiger partial charge in [-0.05, 0) is 46.6 Å². The van der Waals surface area contributed by atoms with Crippen molar-refractivity contribution < 1.29 is 4.79 Å². The summed E-state index contributed by atoms with van der Waals surface area (Å²) in [6.45, 7) is 0.708. The number of anilines is 1. The maximum atomic E-state index is 11.8. The first kappa shape index (κ1) is 15.7. The summed E-state index contributed by atoms with van der Waals surface area (Å²) < 4.78 is 2.74. The van der Waals surface area contributed by atoms with Gasteiger partial charge in [-0.2, -0.15) is 5.10 Å². The topological polar surface area (TPSA) is 72.9 Å². The standard InChI is InChI=1S/C14H15BrN4OS/c15-11-8-17-19(9-11)7-1-2-13(20)18-12-5-3-10(4-6-12)14(16)21/h3-6,8-9H,1-2,7H2,(H2,16,21)(H,18,20). The van der Waals surface area contributed by atoms with Crippen LogP contribution in [0, 0.1) is 0 Å². The summed E-state index contributed by atoms with van der Waals surface area (Å²) in [4.78, 5) is 12.2. The minimum atomic E-state index is -0.0238. The Morgan fingerprint density at radius 2 is 2.10 bits per heavy atom. The number of thiocarbonyl (C=S) groups is 1. The number of aromatic nitrogens is 2. The highest BCUT2D eigenvalue weighted by molar-refractivity contribution is 9.10. The van der Waals surface area contributed by atoms with Gasteiger partial charge in [0.1, 0.15) is 4.99 Å². The normalized spacial score (nSPS) is 10.3. The van der Waals surface area contributed by atoms with Gasteiger partial charge in [0.2, 0.25) is 5.91 Å². The first-order valence-corrected chi connectivity index (χ1v) is 7.62. The van der Waals surface area contributed by atoms with Crippen molar-refractivity contribution >= 4 is 44.7 Å². The average Bonchev–Trinajstić information content (AvgIpc) is 2.85. The number of benzene rings is 1. The lowest BCUT2D eigenvalue weighted by molar-refractivity contribution is -0.116. The minimum absolute atomic E-state index is 0.0238. The van der Waals surface area contributed by atoms with E-state index in [1.54, 1.807) is 35.1 Å². The zero-order valence-electron chi connectivity index (χ0n) is 11.3. The van der Waals surface area contributed by atoms with Crippen LogP contribution < -0.4 is 11.1 Å². The molecular weight excluding hydrogens is 352 g/mol. The van der Waals surface area contributed by atoms with E-state index < -0.39 is 0 Å². The van der Waals surface area contributed by atoms with Gasteiger partial charge in [0.05, 0.1) is 10.7 Å². The molecule has 2 rings (SSSR count). The van der Waals surface area contributed by atoms with E-state index in [1.807, 2.05) is 6.20 Å². The molecule has 1 aromatic heterocycles. The van der Waals surface area contributed by atoms with Gasteiger partial charge < -0.3 is 11.1 Å². The highest BCUT2D eigenvalue weighted by Crippen LogP contribution is 2.11. The van der Waals surface area contributed by atoms with Crippen LogP contribution in [0.3, 0.4) is 0 Å². The van der Waals surface area contributed by atoms with Crippen LogP contribution in [-0.4, -0.2) is 20.7 Å². The molecule has 0 aliphatic rings. The molecule has 7 heteroatoms. The van der Waals surface area contributed by atoms with Crippen molar-refractivity contribution in [1.29, 1.82) is 0 Å². The lowest BCUT2D eigenvalue weighted by Gasteiger charge is -2.06. The van der Waals surface area contributed by atoms with Crippen LogP contribution in [0.25, 0.3) is 0 Å². The molecule has 0 radical (unpaired) electrons. The molecule has 3 N–H and O–H groups in total. The Labute approximate surface area is 136 Å². The minimum Gasteiger partial charge on any atom is -0.389 e. The van der Waals surface area contributed by atoms with Crippen molar-refractivity contribution in [3.63, 3.8) is 0 Å². The molecule has 21 heavy (non-hydrogen) atoms. The summed E-state index contributed by atoms with van der Waals surface area (Å²) in [5.41, 5.74) is 7.04. The van der Waals surface area contributed by atoms with Crippen molar-refractivity contribution in [3.05, 3.63) is 46.7 Å². The molecule has 110 valence electrons. The molecule has 0 fully saturated rings. The van der Waals surface area contributed by atoms with Crippen LogP contribution in [0.2, 0.25) is 0 Å². The van der Waals surface area contributed by atoms with Crippen molar-refractivity contribution in [2.75, 3.05) is 5.32 Å². The fourth-order valence-corrected chi connectivity index (χ4v) is 2.27. The number of nitrogens with one attached hydrogen (secondary N) is 1. The van der Waals surface area contributed by atoms with E-state index in [1.165, 1.54) is 0 Å². The summed E-state index contributed by atoms with van der Waals surface area (Å²) in [5, 5.41) is 6.97. The second-order valence-electron chi connectivity index (χ2n) is 4.51. The van der Waals surface area contributed by atoms with Gasteiger partial charge in [-0.25, -0.2) is 0 Å². The molecule has 0 spiro atoms. The van der Waals surface area contributed by atoms with Crippen molar-refractivity contribution in [2.45, 2.75) is 19.4 Å². The molecule has 1 amide bonds. The molecule has 1 aromatic carbocycles. The van der Waals surface area contributed by atoms with Crippen LogP contribution in [0.1, 0.15) is 18.4 Å². The third-order valence-electron chi connectivity index (χ3n) is 2.85. The Balaban J connectivity index is 1.77. The highest BCUT2D eigenvalue weighted by atomic mass is 79.9. The molecule has 0 saturated carbocycles. The number of amides is 1. The molecule has 0 bridgehead atoms. The number of aryl methyl sites for hydroxylation is 1. The summed E-state index contributed by atoms with van der Waals surface area (Å²) >= 11 is 8.21. The first-order chi connectivity index (χ1) is 10.0. The number of carbonyl (C=O) groups excluding carboxylic acids is 1. The van der Waals surface area contributed by atoms with Crippen molar-refractivity contribution in [1.82, 2.24) is 9.78 Å². The van der Waals surface area contributed by atoms with Gasteiger partial charge in [0.15, 0.2) is 0 Å². The van der Waals surface area contributed by atoms with E-state index in [2.05, 4.69) is 26.3 Å². The fourth-order valence-electron chi connectivity index (χ4n) is 1.80. The summed E-state index contributed by atoms with van der Waals surface area (Å²) in [6.07, 6.45) is 4.77. The summed E-state index contributed by atoms with van der Waals surface area (Å²) in [6, 6.07) is 7.16. The Morgan fingerprint density at radius 1 is 1.38 bits per heavy atom. The molecule has 2 aromatic rings. The lowest BCUT2D eigenvalue weighted by atomic mass is 10.2. The third kappa shape index (κ3) is 4.95. The molecule has 0 atom stereocenters. The van der Waals surface area contributed by atoms with Crippen LogP contribution in [0.5, 0.6) is 0 Å². The highest BCUT2D eigenvalue weighted by Gasteiger charge is 2.04. The second kappa shape index (κ2) is 7.33. The zero-order chi connectivity index (χ0) is 15.2. The van der Waals surface area contributed by atoms with Gasteiger partial charge in [-0.15, -0.1) is 0 Å². The number of rotatable bonds is 6. The summed E-state index contributed by atoms with van der Waals surface area (Å²) in [7, 11) is 0. The Hall–Kier alpha value is -1.73. The zero-order valence-corrected chi connectivity index (χ0v) is 13.7. The largest absolute Gasteiger partial charge is 0.389 e. The maximum Gasteiger partial charge on any atom is 0.224 e. The monoisotopic (exact) mass is 366 g/mol. The first-order valence-electron chi connectivity index (χ1n) is 6.42. The number of nitrogens with zero attached hydrogens (tertiary/aromatic N) is 2. The Bertz CT molecular complexity index is 639. The van der Waals surface area contributed by atoms with Gasteiger partial charge in [0, 0.05) is 30.4 Å². The van der Waals surface area contributed by atoms with E-state index in [-0.39, 0.29) is 5.91 Å². The Morgan fingerprint density at radius 3 is 2.67 bits per heavy atom. The smallest absolute Gasteiger partial charge is 0.224 e. The average molecular weight is 367 g/mol. The molecule has 0 unspecified atom stereocenters. The quantitative estimate of drug-likeness (QED) is 0.770. The van der Waals surface area contributed by atoms with Gasteiger partial charge in [0.25, 0.3) is 0 Å². The fraction of sp³-hybridized carbons (Fsp3) is 0.214. The molecule has 5 nitrogen and oxygen atoms in total. The van der Waals surface area contributed by atoms with Gasteiger partial charge in [-0.1, -0.05) is 12.2 Å². The molecule has 0 aliphatic carbocycles. The number of halogens is 1. The molecule has 0 saturated heterocycles. The molecule has 1 heterocycles. The van der Waals surface area contributed by atoms with E-state index in [9.17, 15) is 4.79 Å². The van der Waals surface area contributed by atoms with Crippen molar-refractivity contribution in [2.24, 2.45) is 5.73 Å².